The van der Waals surface area contributed by atoms with Gasteiger partial charge in [0.2, 0.25) is 10.3 Å². The van der Waals surface area contributed by atoms with Crippen molar-refractivity contribution in [3.63, 3.8) is 0 Å². The highest BCUT2D eigenvalue weighted by Crippen LogP contribution is 2.31. The molecule has 3 aromatic rings. The molecule has 2 heterocycles. The van der Waals surface area contributed by atoms with Crippen molar-refractivity contribution in [2.24, 2.45) is 0 Å². The number of nitrogen functional groups attached to an aromatic ring is 1. The summed E-state index contributed by atoms with van der Waals surface area (Å²) >= 11 is 1.05. The summed E-state index contributed by atoms with van der Waals surface area (Å²) in [6.07, 6.45) is -2.23. The second-order valence-corrected chi connectivity index (χ2v) is 8.91. The smallest absolute Gasteiger partial charge is 0.406 e. The van der Waals surface area contributed by atoms with Gasteiger partial charge in [0.1, 0.15) is 17.4 Å². The van der Waals surface area contributed by atoms with Gasteiger partial charge in [-0.25, -0.2) is 4.39 Å². The number of hydrogen-bond acceptors (Lipinski definition) is 10. The Hall–Kier alpha value is -3.85. The molecule has 0 aliphatic heterocycles. The lowest BCUT2D eigenvalue weighted by molar-refractivity contribution is -0.274. The molecule has 0 fully saturated rings. The first-order valence-electron chi connectivity index (χ1n) is 10.9. The number of anilines is 3. The number of aromatic nitrogens is 4. The molecule has 0 bridgehead atoms. The van der Waals surface area contributed by atoms with E-state index in [9.17, 15) is 22.4 Å². The summed E-state index contributed by atoms with van der Waals surface area (Å²) < 4.78 is 60.7. The van der Waals surface area contributed by atoms with Gasteiger partial charge in [0, 0.05) is 18.7 Å². The summed E-state index contributed by atoms with van der Waals surface area (Å²) in [5, 5.41) is 22.1. The summed E-state index contributed by atoms with van der Waals surface area (Å²) in [5.74, 6) is -2.12. The van der Waals surface area contributed by atoms with E-state index in [1.165, 1.54) is 0 Å². The molecule has 0 saturated heterocycles. The molecule has 4 N–H and O–H groups in total. The van der Waals surface area contributed by atoms with Gasteiger partial charge < -0.3 is 20.5 Å². The van der Waals surface area contributed by atoms with Crippen LogP contribution in [0.3, 0.4) is 0 Å². The van der Waals surface area contributed by atoms with E-state index in [1.54, 1.807) is 6.07 Å². The molecule has 10 nitrogen and oxygen atoms in total. The Morgan fingerprint density at radius 2 is 1.95 bits per heavy atom. The normalized spacial score (nSPS) is 16.6. The van der Waals surface area contributed by atoms with Gasteiger partial charge in [-0.3, -0.25) is 10.1 Å². The molecule has 0 radical (unpaired) electrons. The summed E-state index contributed by atoms with van der Waals surface area (Å²) in [6, 6.07) is 5.89. The molecule has 4 rings (SSSR count). The molecule has 0 unspecified atom stereocenters. The second-order valence-electron chi connectivity index (χ2n) is 7.94. The van der Waals surface area contributed by atoms with Crippen molar-refractivity contribution in [2.45, 2.75) is 37.8 Å². The zero-order valence-electron chi connectivity index (χ0n) is 19.3. The lowest BCUT2D eigenvalue weighted by Gasteiger charge is -2.22. The molecule has 0 saturated carbocycles. The quantitative estimate of drug-likeness (QED) is 0.357. The summed E-state index contributed by atoms with van der Waals surface area (Å²) in [5.41, 5.74) is 6.98. The van der Waals surface area contributed by atoms with Crippen LogP contribution < -0.4 is 21.1 Å². The van der Waals surface area contributed by atoms with Gasteiger partial charge in [0.15, 0.2) is 6.10 Å². The predicted molar refractivity (Wildman–Crippen MR) is 127 cm³/mol. The average Bonchev–Trinajstić information content (AvgIpc) is 3.28. The largest absolute Gasteiger partial charge is 0.573 e. The first-order chi connectivity index (χ1) is 17.6. The molecule has 37 heavy (non-hydrogen) atoms. The predicted octanol–water partition coefficient (Wildman–Crippen LogP) is 4.32. The lowest BCUT2D eigenvalue weighted by atomic mass is 9.93. The number of ether oxygens (including phenoxy) is 2. The standard InChI is InChI=1S/C22H21F4N7O3S/c1-35-18(14-10-13(6-7-15(14)23)36-22(24,25)26)19(34)29-21-33-32-20(37-21)28-12-4-2-11(3-5-12)16-8-9-17(27)31-30-16/h2,6-10,12,18H,3-5H2,1H3,(H2,27,31)(H,28,32)(H,29,33,34)/t12-,18-/m0/s1. The van der Waals surface area contributed by atoms with Crippen LogP contribution in [0.4, 0.5) is 33.6 Å². The lowest BCUT2D eigenvalue weighted by Crippen LogP contribution is -2.24. The topological polar surface area (TPSA) is 137 Å². The van der Waals surface area contributed by atoms with Gasteiger partial charge in [-0.15, -0.1) is 33.6 Å². The SMILES string of the molecule is CO[C@H](C(=O)Nc1nnc(N[C@H]2CC=C(c3ccc(N)nn3)CC2)s1)c1cc(OC(F)(F)F)ccc1F. The monoisotopic (exact) mass is 539 g/mol. The van der Waals surface area contributed by atoms with E-state index in [1.807, 2.05) is 6.07 Å². The number of nitrogens with one attached hydrogen (secondary N) is 2. The maximum Gasteiger partial charge on any atom is 0.573 e. The van der Waals surface area contributed by atoms with Gasteiger partial charge >= 0.3 is 6.36 Å². The fraction of sp³-hybridized carbons (Fsp3) is 0.318. The van der Waals surface area contributed by atoms with E-state index in [2.05, 4.69) is 41.8 Å². The molecule has 15 heteroatoms. The minimum absolute atomic E-state index is 0.0687. The molecule has 2 aromatic heterocycles. The molecule has 1 aliphatic carbocycles. The van der Waals surface area contributed by atoms with Crippen molar-refractivity contribution in [1.82, 2.24) is 20.4 Å². The van der Waals surface area contributed by atoms with Crippen LogP contribution in [0.1, 0.15) is 36.6 Å². The van der Waals surface area contributed by atoms with Crippen LogP contribution in [0, 0.1) is 5.82 Å². The molecular formula is C22H21F4N7O3S. The number of nitrogens with two attached hydrogens (primary N) is 1. The molecule has 0 spiro atoms. The highest BCUT2D eigenvalue weighted by Gasteiger charge is 2.32. The van der Waals surface area contributed by atoms with Gasteiger partial charge in [-0.1, -0.05) is 17.4 Å². The number of allylic oxidation sites excluding steroid dienone is 1. The van der Waals surface area contributed by atoms with Crippen molar-refractivity contribution < 1.29 is 31.8 Å². The zero-order valence-corrected chi connectivity index (χ0v) is 20.1. The van der Waals surface area contributed by atoms with Crippen LogP contribution in [0.5, 0.6) is 5.75 Å². The Morgan fingerprint density at radius 1 is 1.16 bits per heavy atom. The Morgan fingerprint density at radius 3 is 2.59 bits per heavy atom. The average molecular weight is 540 g/mol. The molecule has 1 amide bonds. The Kier molecular flexibility index (Phi) is 7.83. The molecule has 2 atom stereocenters. The van der Waals surface area contributed by atoms with E-state index in [0.717, 1.165) is 60.8 Å². The second kappa shape index (κ2) is 11.0. The first kappa shape index (κ1) is 26.2. The van der Waals surface area contributed by atoms with Gasteiger partial charge in [0.05, 0.1) is 5.69 Å². The Bertz CT molecular complexity index is 1280. The number of amides is 1. The zero-order chi connectivity index (χ0) is 26.6. The number of carbonyl (C=O) groups excluding carboxylic acids is 1. The van der Waals surface area contributed by atoms with Crippen molar-refractivity contribution in [2.75, 3.05) is 23.5 Å². The number of hydrogen-bond donors (Lipinski definition) is 3. The minimum Gasteiger partial charge on any atom is -0.406 e. The number of carbonyl (C=O) groups is 1. The van der Waals surface area contributed by atoms with Crippen molar-refractivity contribution in [1.29, 1.82) is 0 Å². The number of methoxy groups -OCH3 is 1. The fourth-order valence-electron chi connectivity index (χ4n) is 3.68. The van der Waals surface area contributed by atoms with Gasteiger partial charge in [0.25, 0.3) is 5.91 Å². The van der Waals surface area contributed by atoms with Crippen molar-refractivity contribution in [3.05, 3.63) is 53.5 Å². The fourth-order valence-corrected chi connectivity index (χ4v) is 4.41. The molecule has 196 valence electrons. The summed E-state index contributed by atoms with van der Waals surface area (Å²) in [4.78, 5) is 12.7. The third kappa shape index (κ3) is 6.89. The van der Waals surface area contributed by atoms with E-state index >= 15 is 0 Å². The van der Waals surface area contributed by atoms with Crippen molar-refractivity contribution >= 4 is 38.9 Å². The van der Waals surface area contributed by atoms with Crippen LogP contribution in [-0.2, 0) is 9.53 Å². The van der Waals surface area contributed by atoms with Gasteiger partial charge in [-0.05, 0) is 55.2 Å². The van der Waals surface area contributed by atoms with E-state index in [0.29, 0.717) is 17.4 Å². The van der Waals surface area contributed by atoms with Crippen LogP contribution >= 0.6 is 11.3 Å². The minimum atomic E-state index is -4.98. The third-order valence-corrected chi connectivity index (χ3v) is 6.14. The number of nitrogens with zero attached hydrogens (tertiary/aromatic N) is 4. The van der Waals surface area contributed by atoms with Gasteiger partial charge in [-0.2, -0.15) is 0 Å². The first-order valence-corrected chi connectivity index (χ1v) is 11.7. The van der Waals surface area contributed by atoms with E-state index in [-0.39, 0.29) is 11.2 Å². The maximum atomic E-state index is 14.3. The van der Waals surface area contributed by atoms with Crippen LogP contribution in [0.15, 0.2) is 36.4 Å². The van der Waals surface area contributed by atoms with Crippen molar-refractivity contribution in [3.8, 4) is 5.75 Å². The van der Waals surface area contributed by atoms with Crippen LogP contribution in [0.2, 0.25) is 0 Å². The summed E-state index contributed by atoms with van der Waals surface area (Å²) in [6.45, 7) is 0. The number of alkyl halides is 3. The highest BCUT2D eigenvalue weighted by atomic mass is 32.1. The Labute approximate surface area is 211 Å². The number of halogens is 4. The molecule has 1 aromatic carbocycles. The maximum absolute atomic E-state index is 14.3. The van der Waals surface area contributed by atoms with Crippen LogP contribution in [0.25, 0.3) is 5.57 Å². The van der Waals surface area contributed by atoms with Crippen LogP contribution in [-0.4, -0.2) is 45.8 Å². The third-order valence-electron chi connectivity index (χ3n) is 5.37. The summed E-state index contributed by atoms with van der Waals surface area (Å²) in [7, 11) is 1.12. The van der Waals surface area contributed by atoms with E-state index < -0.39 is 35.5 Å². The van der Waals surface area contributed by atoms with E-state index in [4.69, 9.17) is 10.5 Å². The highest BCUT2D eigenvalue weighted by molar-refractivity contribution is 7.19. The molecule has 1 aliphatic rings. The Balaban J connectivity index is 1.37. The molecular weight excluding hydrogens is 518 g/mol. The number of benzene rings is 1. The number of rotatable bonds is 8.